The molecule has 0 amide bonds. The lowest BCUT2D eigenvalue weighted by atomic mass is 10.0. The van der Waals surface area contributed by atoms with Gasteiger partial charge >= 0.3 is 0 Å². The summed E-state index contributed by atoms with van der Waals surface area (Å²) in [5.74, 6) is 0.108. The van der Waals surface area contributed by atoms with Gasteiger partial charge in [-0.2, -0.15) is 17.0 Å². The molecule has 1 N–H and O–H groups in total. The highest BCUT2D eigenvalue weighted by Crippen LogP contribution is 2.32. The van der Waals surface area contributed by atoms with Gasteiger partial charge in [-0.25, -0.2) is 0 Å². The Labute approximate surface area is 110 Å². The van der Waals surface area contributed by atoms with Crippen LogP contribution in [0.2, 0.25) is 0 Å². The molecule has 1 aliphatic heterocycles. The van der Waals surface area contributed by atoms with Gasteiger partial charge in [0.25, 0.3) is 10.2 Å². The molecule has 2 rings (SSSR count). The van der Waals surface area contributed by atoms with E-state index >= 15 is 0 Å². The second-order valence-corrected chi connectivity index (χ2v) is 7.28. The summed E-state index contributed by atoms with van der Waals surface area (Å²) >= 11 is 0. The van der Waals surface area contributed by atoms with Gasteiger partial charge in [0, 0.05) is 32.3 Å². The Morgan fingerprint density at radius 3 is 2.61 bits per heavy atom. The van der Waals surface area contributed by atoms with Crippen molar-refractivity contribution >= 4 is 10.2 Å². The van der Waals surface area contributed by atoms with E-state index in [9.17, 15) is 13.5 Å². The topological polar surface area (TPSA) is 60.9 Å². The van der Waals surface area contributed by atoms with Crippen molar-refractivity contribution in [1.29, 1.82) is 0 Å². The maximum Gasteiger partial charge on any atom is 0.282 e. The minimum Gasteiger partial charge on any atom is -0.396 e. The Balaban J connectivity index is 2.08. The molecule has 2 fully saturated rings. The number of hydrogen-bond acceptors (Lipinski definition) is 3. The molecular formula is C12H24N2O3S. The lowest BCUT2D eigenvalue weighted by molar-refractivity contribution is 0.160. The summed E-state index contributed by atoms with van der Waals surface area (Å²) in [5.41, 5.74) is 0. The second-order valence-electron chi connectivity index (χ2n) is 5.40. The largest absolute Gasteiger partial charge is 0.396 e. The SMILES string of the molecule is CCCN(C1CC1)S(=O)(=O)N1CCCC(CO)C1. The first-order valence-electron chi connectivity index (χ1n) is 6.97. The van der Waals surface area contributed by atoms with Crippen LogP contribution in [0.5, 0.6) is 0 Å². The Hall–Kier alpha value is -0.170. The van der Waals surface area contributed by atoms with Gasteiger partial charge in [0.05, 0.1) is 0 Å². The van der Waals surface area contributed by atoms with Gasteiger partial charge in [0.15, 0.2) is 0 Å². The minimum absolute atomic E-state index is 0.0865. The summed E-state index contributed by atoms with van der Waals surface area (Å²) in [6, 6.07) is 0.226. The molecule has 5 nitrogen and oxygen atoms in total. The predicted octanol–water partition coefficient (Wildman–Crippen LogP) is 0.810. The van der Waals surface area contributed by atoms with Crippen molar-refractivity contribution in [3.63, 3.8) is 0 Å². The zero-order valence-corrected chi connectivity index (χ0v) is 11.9. The zero-order valence-electron chi connectivity index (χ0n) is 11.1. The predicted molar refractivity (Wildman–Crippen MR) is 70.3 cm³/mol. The standard InChI is InChI=1S/C12H24N2O3S/c1-2-7-14(12-5-6-12)18(16,17)13-8-3-4-11(9-13)10-15/h11-12,15H,2-10H2,1H3. The molecule has 1 atom stereocenters. The quantitative estimate of drug-likeness (QED) is 0.781. The first kappa shape index (κ1) is 14.2. The summed E-state index contributed by atoms with van der Waals surface area (Å²) in [6.45, 7) is 3.80. The fourth-order valence-electron chi connectivity index (χ4n) is 2.60. The van der Waals surface area contributed by atoms with Crippen LogP contribution in [-0.2, 0) is 10.2 Å². The van der Waals surface area contributed by atoms with Crippen molar-refractivity contribution in [3.8, 4) is 0 Å². The number of aliphatic hydroxyl groups excluding tert-OH is 1. The molecule has 1 unspecified atom stereocenters. The Bertz CT molecular complexity index is 368. The van der Waals surface area contributed by atoms with Gasteiger partial charge in [-0.1, -0.05) is 6.92 Å². The molecule has 0 aromatic heterocycles. The van der Waals surface area contributed by atoms with Crippen LogP contribution >= 0.6 is 0 Å². The molecule has 0 bridgehead atoms. The maximum atomic E-state index is 12.6. The smallest absolute Gasteiger partial charge is 0.282 e. The number of rotatable bonds is 6. The summed E-state index contributed by atoms with van der Waals surface area (Å²) in [4.78, 5) is 0. The molecule has 1 aliphatic carbocycles. The average Bonchev–Trinajstić information content (AvgIpc) is 3.20. The summed E-state index contributed by atoms with van der Waals surface area (Å²) in [5, 5.41) is 9.20. The number of aliphatic hydroxyl groups is 1. The summed E-state index contributed by atoms with van der Waals surface area (Å²) in [6.07, 6.45) is 4.63. The van der Waals surface area contributed by atoms with E-state index in [4.69, 9.17) is 0 Å². The van der Waals surface area contributed by atoms with Crippen molar-refractivity contribution in [3.05, 3.63) is 0 Å². The fraction of sp³-hybridized carbons (Fsp3) is 1.00. The molecule has 18 heavy (non-hydrogen) atoms. The van der Waals surface area contributed by atoms with Gasteiger partial charge in [-0.3, -0.25) is 0 Å². The maximum absolute atomic E-state index is 12.6. The zero-order chi connectivity index (χ0) is 13.2. The lowest BCUT2D eigenvalue weighted by Crippen LogP contribution is -2.49. The molecule has 0 aromatic rings. The Morgan fingerprint density at radius 1 is 1.33 bits per heavy atom. The Morgan fingerprint density at radius 2 is 2.06 bits per heavy atom. The molecule has 6 heteroatoms. The number of nitrogens with zero attached hydrogens (tertiary/aromatic N) is 2. The Kier molecular flexibility index (Phi) is 4.64. The first-order chi connectivity index (χ1) is 8.59. The third-order valence-electron chi connectivity index (χ3n) is 3.76. The lowest BCUT2D eigenvalue weighted by Gasteiger charge is -2.35. The molecule has 2 aliphatic rings. The van der Waals surface area contributed by atoms with Crippen molar-refractivity contribution < 1.29 is 13.5 Å². The normalized spacial score (nSPS) is 26.7. The third kappa shape index (κ3) is 3.04. The van der Waals surface area contributed by atoms with Gasteiger partial charge in [0.1, 0.15) is 0 Å². The van der Waals surface area contributed by atoms with Crippen LogP contribution < -0.4 is 0 Å². The van der Waals surface area contributed by atoms with E-state index < -0.39 is 10.2 Å². The van der Waals surface area contributed by atoms with Crippen LogP contribution in [-0.4, -0.2) is 54.4 Å². The molecule has 0 aromatic carbocycles. The van der Waals surface area contributed by atoms with E-state index in [1.54, 1.807) is 8.61 Å². The monoisotopic (exact) mass is 276 g/mol. The van der Waals surface area contributed by atoms with E-state index in [1.807, 2.05) is 6.92 Å². The number of piperidine rings is 1. The highest BCUT2D eigenvalue weighted by Gasteiger charge is 2.40. The molecule has 1 saturated heterocycles. The molecule has 106 valence electrons. The van der Waals surface area contributed by atoms with Crippen molar-refractivity contribution in [2.75, 3.05) is 26.2 Å². The van der Waals surface area contributed by atoms with Crippen LogP contribution in [0, 0.1) is 5.92 Å². The fourth-order valence-corrected chi connectivity index (χ4v) is 4.66. The van der Waals surface area contributed by atoms with E-state index in [0.29, 0.717) is 19.6 Å². The highest BCUT2D eigenvalue weighted by molar-refractivity contribution is 7.86. The van der Waals surface area contributed by atoms with Crippen molar-refractivity contribution in [2.45, 2.75) is 45.1 Å². The van der Waals surface area contributed by atoms with E-state index in [-0.39, 0.29) is 18.6 Å². The van der Waals surface area contributed by atoms with E-state index in [1.165, 1.54) is 0 Å². The van der Waals surface area contributed by atoms with Crippen LogP contribution in [0.1, 0.15) is 39.0 Å². The van der Waals surface area contributed by atoms with Gasteiger partial charge in [-0.15, -0.1) is 0 Å². The summed E-state index contributed by atoms with van der Waals surface area (Å²) in [7, 11) is -3.31. The van der Waals surface area contributed by atoms with E-state index in [2.05, 4.69) is 0 Å². The third-order valence-corrected chi connectivity index (χ3v) is 5.82. The van der Waals surface area contributed by atoms with Crippen molar-refractivity contribution in [2.24, 2.45) is 5.92 Å². The average molecular weight is 276 g/mol. The summed E-state index contributed by atoms with van der Waals surface area (Å²) < 4.78 is 28.4. The highest BCUT2D eigenvalue weighted by atomic mass is 32.2. The van der Waals surface area contributed by atoms with Crippen LogP contribution in [0.3, 0.4) is 0 Å². The van der Waals surface area contributed by atoms with Crippen molar-refractivity contribution in [1.82, 2.24) is 8.61 Å². The van der Waals surface area contributed by atoms with Gasteiger partial charge < -0.3 is 5.11 Å². The molecule has 1 saturated carbocycles. The molecule has 0 spiro atoms. The van der Waals surface area contributed by atoms with Crippen LogP contribution in [0.15, 0.2) is 0 Å². The van der Waals surface area contributed by atoms with Gasteiger partial charge in [-0.05, 0) is 38.0 Å². The van der Waals surface area contributed by atoms with Crippen LogP contribution in [0.4, 0.5) is 0 Å². The molecule has 0 radical (unpaired) electrons. The second kappa shape index (κ2) is 5.86. The molecular weight excluding hydrogens is 252 g/mol. The molecule has 1 heterocycles. The number of hydrogen-bond donors (Lipinski definition) is 1. The van der Waals surface area contributed by atoms with Gasteiger partial charge in [0.2, 0.25) is 0 Å². The van der Waals surface area contributed by atoms with Crippen LogP contribution in [0.25, 0.3) is 0 Å². The first-order valence-corrected chi connectivity index (χ1v) is 8.37. The minimum atomic E-state index is -3.31. The van der Waals surface area contributed by atoms with E-state index in [0.717, 1.165) is 32.1 Å².